The zero-order valence-electron chi connectivity index (χ0n) is 4.55. The summed E-state index contributed by atoms with van der Waals surface area (Å²) in [5.41, 5.74) is 5.22. The molecular weight excluding hydrogens is 90.1 g/mol. The van der Waals surface area contributed by atoms with Crippen molar-refractivity contribution in [3.63, 3.8) is 0 Å². The molecule has 0 atom stereocenters. The van der Waals surface area contributed by atoms with Crippen molar-refractivity contribution in [2.24, 2.45) is 5.73 Å². The molecule has 7 heavy (non-hydrogen) atoms. The Balaban J connectivity index is 0.000000110. The number of aldehydes is 1. The molecule has 0 amide bonds. The first-order chi connectivity index (χ1) is 3.31. The molecule has 1 aliphatic rings. The van der Waals surface area contributed by atoms with Crippen LogP contribution in [0.2, 0.25) is 0 Å². The Kier molecular flexibility index (Phi) is 3.61. The quantitative estimate of drug-likeness (QED) is 0.446. The molecule has 0 aromatic carbocycles. The summed E-state index contributed by atoms with van der Waals surface area (Å²) in [6, 6.07) is 0.583. The first-order valence-electron chi connectivity index (χ1n) is 2.46. The summed E-state index contributed by atoms with van der Waals surface area (Å²) in [4.78, 5) is 8.81. The predicted octanol–water partition coefficient (Wildman–Crippen LogP) is 0.313. The Bertz CT molecular complexity index is 50.0. The standard InChI is InChI=1S/C3H7N.C2H4O/c4-3-1-2-3;1-2-3/h3H,1-2,4H2;2H,1H3. The van der Waals surface area contributed by atoms with E-state index in [4.69, 9.17) is 10.5 Å². The molecule has 0 aromatic heterocycles. The summed E-state index contributed by atoms with van der Waals surface area (Å²) in [6.45, 7) is 1.44. The lowest BCUT2D eigenvalue weighted by Gasteiger charge is -1.58. The SMILES string of the molecule is CC=O.NC1CC1. The van der Waals surface area contributed by atoms with Crippen LogP contribution in [0, 0.1) is 0 Å². The van der Waals surface area contributed by atoms with Crippen molar-refractivity contribution in [1.29, 1.82) is 0 Å². The van der Waals surface area contributed by atoms with E-state index >= 15 is 0 Å². The first-order valence-corrected chi connectivity index (χ1v) is 2.46. The van der Waals surface area contributed by atoms with Gasteiger partial charge in [-0.1, -0.05) is 0 Å². The average molecular weight is 101 g/mol. The van der Waals surface area contributed by atoms with Crippen molar-refractivity contribution in [3.8, 4) is 0 Å². The van der Waals surface area contributed by atoms with Crippen molar-refractivity contribution in [1.82, 2.24) is 0 Å². The van der Waals surface area contributed by atoms with E-state index in [1.54, 1.807) is 0 Å². The molecule has 2 N–H and O–H groups in total. The van der Waals surface area contributed by atoms with Gasteiger partial charge < -0.3 is 10.5 Å². The van der Waals surface area contributed by atoms with Gasteiger partial charge in [-0.05, 0) is 19.8 Å². The summed E-state index contributed by atoms with van der Waals surface area (Å²) >= 11 is 0. The molecule has 0 radical (unpaired) electrons. The van der Waals surface area contributed by atoms with Crippen LogP contribution in [0.3, 0.4) is 0 Å². The second-order valence-corrected chi connectivity index (χ2v) is 1.57. The maximum absolute atomic E-state index is 8.81. The van der Waals surface area contributed by atoms with Crippen LogP contribution in [-0.2, 0) is 4.79 Å². The minimum absolute atomic E-state index is 0.583. The van der Waals surface area contributed by atoms with Gasteiger partial charge in [0.1, 0.15) is 6.29 Å². The van der Waals surface area contributed by atoms with Gasteiger partial charge in [0.05, 0.1) is 0 Å². The highest BCUT2D eigenvalue weighted by Crippen LogP contribution is 2.13. The highest BCUT2D eigenvalue weighted by atomic mass is 16.1. The lowest BCUT2D eigenvalue weighted by Crippen LogP contribution is -1.94. The Morgan fingerprint density at radius 2 is 1.86 bits per heavy atom. The Morgan fingerprint density at radius 3 is 1.86 bits per heavy atom. The van der Waals surface area contributed by atoms with Crippen molar-refractivity contribution in [3.05, 3.63) is 0 Å². The predicted molar refractivity (Wildman–Crippen MR) is 28.9 cm³/mol. The van der Waals surface area contributed by atoms with E-state index in [0.717, 1.165) is 6.29 Å². The average Bonchev–Trinajstić information content (AvgIpc) is 2.25. The summed E-state index contributed by atoms with van der Waals surface area (Å²) in [5, 5.41) is 0. The number of carbonyl (C=O) groups excluding carboxylic acids is 1. The normalized spacial score (nSPS) is 16.9. The molecule has 1 rings (SSSR count). The molecule has 1 fully saturated rings. The van der Waals surface area contributed by atoms with E-state index in [2.05, 4.69) is 0 Å². The van der Waals surface area contributed by atoms with Crippen molar-refractivity contribution in [2.75, 3.05) is 0 Å². The fourth-order valence-electron chi connectivity index (χ4n) is 0.0962. The second-order valence-electron chi connectivity index (χ2n) is 1.57. The molecule has 0 saturated heterocycles. The van der Waals surface area contributed by atoms with Crippen LogP contribution < -0.4 is 5.73 Å². The Morgan fingerprint density at radius 1 is 1.71 bits per heavy atom. The van der Waals surface area contributed by atoms with E-state index in [1.165, 1.54) is 19.8 Å². The van der Waals surface area contributed by atoms with E-state index in [9.17, 15) is 0 Å². The molecule has 0 spiro atoms. The van der Waals surface area contributed by atoms with Gasteiger partial charge in [-0.2, -0.15) is 0 Å². The zero-order chi connectivity index (χ0) is 5.70. The van der Waals surface area contributed by atoms with Gasteiger partial charge in [0.15, 0.2) is 0 Å². The van der Waals surface area contributed by atoms with E-state index in [-0.39, 0.29) is 0 Å². The minimum Gasteiger partial charge on any atom is -0.328 e. The molecule has 1 aliphatic carbocycles. The van der Waals surface area contributed by atoms with E-state index < -0.39 is 0 Å². The van der Waals surface area contributed by atoms with Gasteiger partial charge in [0.25, 0.3) is 0 Å². The van der Waals surface area contributed by atoms with Gasteiger partial charge in [-0.25, -0.2) is 0 Å². The van der Waals surface area contributed by atoms with Gasteiger partial charge in [-0.15, -0.1) is 0 Å². The fraction of sp³-hybridized carbons (Fsp3) is 0.800. The second kappa shape index (κ2) is 3.81. The van der Waals surface area contributed by atoms with Crippen LogP contribution in [0.1, 0.15) is 19.8 Å². The van der Waals surface area contributed by atoms with Crippen LogP contribution in [0.15, 0.2) is 0 Å². The zero-order valence-corrected chi connectivity index (χ0v) is 4.55. The highest BCUT2D eigenvalue weighted by Gasteiger charge is 2.13. The number of nitrogens with two attached hydrogens (primary N) is 1. The fourth-order valence-corrected chi connectivity index (χ4v) is 0.0962. The summed E-state index contributed by atoms with van der Waals surface area (Å²) in [7, 11) is 0. The van der Waals surface area contributed by atoms with Gasteiger partial charge in [-0.3, -0.25) is 0 Å². The monoisotopic (exact) mass is 101 g/mol. The molecule has 1 saturated carbocycles. The maximum Gasteiger partial charge on any atom is 0.116 e. The van der Waals surface area contributed by atoms with Gasteiger partial charge >= 0.3 is 0 Å². The molecule has 0 unspecified atom stereocenters. The van der Waals surface area contributed by atoms with Crippen molar-refractivity contribution < 1.29 is 4.79 Å². The van der Waals surface area contributed by atoms with Gasteiger partial charge in [0, 0.05) is 6.04 Å². The summed E-state index contributed by atoms with van der Waals surface area (Å²) in [5.74, 6) is 0. The van der Waals surface area contributed by atoms with Gasteiger partial charge in [0.2, 0.25) is 0 Å². The van der Waals surface area contributed by atoms with Crippen LogP contribution in [0.25, 0.3) is 0 Å². The van der Waals surface area contributed by atoms with Crippen molar-refractivity contribution in [2.45, 2.75) is 25.8 Å². The molecule has 0 bridgehead atoms. The molecule has 2 nitrogen and oxygen atoms in total. The van der Waals surface area contributed by atoms with Crippen LogP contribution in [0.5, 0.6) is 0 Å². The van der Waals surface area contributed by atoms with Crippen LogP contribution in [0.4, 0.5) is 0 Å². The Labute approximate surface area is 43.7 Å². The smallest absolute Gasteiger partial charge is 0.116 e. The lowest BCUT2D eigenvalue weighted by atomic mass is 10.8. The van der Waals surface area contributed by atoms with Crippen molar-refractivity contribution >= 4 is 6.29 Å². The number of hydrogen-bond acceptors (Lipinski definition) is 2. The lowest BCUT2D eigenvalue weighted by molar-refractivity contribution is -0.106. The first kappa shape index (κ1) is 6.63. The third-order valence-electron chi connectivity index (χ3n) is 0.622. The summed E-state index contributed by atoms with van der Waals surface area (Å²) < 4.78 is 0. The maximum atomic E-state index is 8.81. The molecule has 0 aliphatic heterocycles. The van der Waals surface area contributed by atoms with E-state index in [1.807, 2.05) is 0 Å². The molecule has 0 aromatic rings. The topological polar surface area (TPSA) is 43.1 Å². The third kappa shape index (κ3) is 10.7. The number of carbonyl (C=O) groups is 1. The molecule has 2 heteroatoms. The number of rotatable bonds is 0. The summed E-state index contributed by atoms with van der Waals surface area (Å²) in [6.07, 6.45) is 3.28. The molecule has 42 valence electrons. The largest absolute Gasteiger partial charge is 0.328 e. The molecule has 0 heterocycles. The van der Waals surface area contributed by atoms with E-state index in [0.29, 0.717) is 6.04 Å². The Hall–Kier alpha value is -0.370. The van der Waals surface area contributed by atoms with Crippen LogP contribution >= 0.6 is 0 Å². The highest BCUT2D eigenvalue weighted by molar-refractivity contribution is 5.44. The minimum atomic E-state index is 0.583. The van der Waals surface area contributed by atoms with Crippen LogP contribution in [-0.4, -0.2) is 12.3 Å². The molecular formula is C5H11NO. The number of hydrogen-bond donors (Lipinski definition) is 1. The third-order valence-corrected chi connectivity index (χ3v) is 0.622.